The van der Waals surface area contributed by atoms with E-state index < -0.39 is 0 Å². The molecule has 0 radical (unpaired) electrons. The van der Waals surface area contributed by atoms with Crippen LogP contribution >= 0.6 is 24.0 Å². The van der Waals surface area contributed by atoms with Crippen molar-refractivity contribution in [2.24, 2.45) is 4.99 Å². The van der Waals surface area contributed by atoms with Gasteiger partial charge in [-0.2, -0.15) is 0 Å². The predicted octanol–water partition coefficient (Wildman–Crippen LogP) is 2.16. The van der Waals surface area contributed by atoms with E-state index in [0.29, 0.717) is 6.10 Å². The first-order valence-corrected chi connectivity index (χ1v) is 7.50. The lowest BCUT2D eigenvalue weighted by atomic mass is 10.2. The maximum Gasteiger partial charge on any atom is 0.190 e. The number of hydrogen-bond donors (Lipinski definition) is 2. The number of halogens is 1. The Morgan fingerprint density at radius 1 is 1.25 bits per heavy atom. The highest BCUT2D eigenvalue weighted by molar-refractivity contribution is 14.0. The van der Waals surface area contributed by atoms with Gasteiger partial charge in [0.15, 0.2) is 5.96 Å². The first-order valence-electron chi connectivity index (χ1n) is 7.50. The third-order valence-electron chi connectivity index (χ3n) is 3.15. The summed E-state index contributed by atoms with van der Waals surface area (Å²) in [5, 5.41) is 6.61. The molecule has 1 saturated heterocycles. The average molecular weight is 399 g/mol. The van der Waals surface area contributed by atoms with Crippen molar-refractivity contribution in [2.75, 3.05) is 40.0 Å². The Hall–Kier alpha value is -0.0800. The molecule has 0 aromatic heterocycles. The normalized spacial score (nSPS) is 18.7. The lowest BCUT2D eigenvalue weighted by Gasteiger charge is -2.13. The second kappa shape index (κ2) is 13.9. The standard InChI is InChI=1S/C14H29N3O2.HI/c1-3-4-5-8-16-14(15-2)17-9-6-10-19-13-7-11-18-12-13;/h13H,3-12H2,1-2H3,(H2,15,16,17);1H. The summed E-state index contributed by atoms with van der Waals surface area (Å²) in [5.74, 6) is 0.889. The number of aliphatic imine (C=N–C) groups is 1. The number of guanidine groups is 1. The second-order valence-electron chi connectivity index (χ2n) is 4.84. The highest BCUT2D eigenvalue weighted by Crippen LogP contribution is 2.07. The topological polar surface area (TPSA) is 54.9 Å². The Kier molecular flexibility index (Phi) is 13.8. The van der Waals surface area contributed by atoms with Crippen molar-refractivity contribution in [1.29, 1.82) is 0 Å². The molecule has 0 spiro atoms. The Labute approximate surface area is 140 Å². The van der Waals surface area contributed by atoms with Crippen molar-refractivity contribution in [3.05, 3.63) is 0 Å². The maximum atomic E-state index is 5.71. The average Bonchev–Trinajstić information content (AvgIpc) is 2.94. The van der Waals surface area contributed by atoms with Crippen molar-refractivity contribution in [2.45, 2.75) is 45.1 Å². The largest absolute Gasteiger partial charge is 0.379 e. The van der Waals surface area contributed by atoms with Crippen molar-refractivity contribution in [1.82, 2.24) is 10.6 Å². The second-order valence-corrected chi connectivity index (χ2v) is 4.84. The maximum absolute atomic E-state index is 5.71. The van der Waals surface area contributed by atoms with Gasteiger partial charge in [-0.3, -0.25) is 4.99 Å². The minimum absolute atomic E-state index is 0. The third-order valence-corrected chi connectivity index (χ3v) is 3.15. The van der Waals surface area contributed by atoms with Gasteiger partial charge in [-0.05, 0) is 19.3 Å². The Morgan fingerprint density at radius 3 is 2.60 bits per heavy atom. The van der Waals surface area contributed by atoms with E-state index in [1.165, 1.54) is 19.3 Å². The lowest BCUT2D eigenvalue weighted by molar-refractivity contribution is 0.0420. The fraction of sp³-hybridized carbons (Fsp3) is 0.929. The van der Waals surface area contributed by atoms with Crippen LogP contribution in [0.5, 0.6) is 0 Å². The molecule has 1 fully saturated rings. The van der Waals surface area contributed by atoms with Crippen LogP contribution in [-0.4, -0.2) is 52.0 Å². The first kappa shape index (κ1) is 19.9. The molecule has 0 saturated carbocycles. The molecule has 0 aromatic carbocycles. The SMILES string of the molecule is CCCCCNC(=NC)NCCCOC1CCOC1.I. The van der Waals surface area contributed by atoms with E-state index in [-0.39, 0.29) is 24.0 Å². The monoisotopic (exact) mass is 399 g/mol. The molecule has 2 N–H and O–H groups in total. The van der Waals surface area contributed by atoms with Crippen molar-refractivity contribution in [3.63, 3.8) is 0 Å². The van der Waals surface area contributed by atoms with Crippen molar-refractivity contribution in [3.8, 4) is 0 Å². The van der Waals surface area contributed by atoms with E-state index in [4.69, 9.17) is 9.47 Å². The number of unbranched alkanes of at least 4 members (excludes halogenated alkanes) is 2. The molecular weight excluding hydrogens is 369 g/mol. The van der Waals surface area contributed by atoms with E-state index in [9.17, 15) is 0 Å². The number of nitrogens with zero attached hydrogens (tertiary/aromatic N) is 1. The molecule has 0 bridgehead atoms. The summed E-state index contributed by atoms with van der Waals surface area (Å²) in [6, 6.07) is 0. The molecule has 0 amide bonds. The van der Waals surface area contributed by atoms with Crippen LogP contribution in [0.3, 0.4) is 0 Å². The van der Waals surface area contributed by atoms with E-state index in [2.05, 4.69) is 22.5 Å². The molecule has 5 nitrogen and oxygen atoms in total. The number of rotatable bonds is 9. The van der Waals surface area contributed by atoms with E-state index in [0.717, 1.165) is 51.7 Å². The van der Waals surface area contributed by atoms with Crippen LogP contribution in [0.15, 0.2) is 4.99 Å². The molecule has 1 unspecified atom stereocenters. The first-order chi connectivity index (χ1) is 9.36. The summed E-state index contributed by atoms with van der Waals surface area (Å²) in [5.41, 5.74) is 0. The van der Waals surface area contributed by atoms with Crippen LogP contribution in [0.4, 0.5) is 0 Å². The van der Waals surface area contributed by atoms with Gasteiger partial charge in [-0.1, -0.05) is 19.8 Å². The summed E-state index contributed by atoms with van der Waals surface area (Å²) < 4.78 is 11.0. The van der Waals surface area contributed by atoms with Gasteiger partial charge in [0.05, 0.1) is 12.7 Å². The van der Waals surface area contributed by atoms with Crippen LogP contribution in [0.25, 0.3) is 0 Å². The van der Waals surface area contributed by atoms with Gasteiger partial charge in [0, 0.05) is 33.4 Å². The van der Waals surface area contributed by atoms with Gasteiger partial charge in [-0.25, -0.2) is 0 Å². The predicted molar refractivity (Wildman–Crippen MR) is 94.1 cm³/mol. The molecule has 120 valence electrons. The molecule has 1 rings (SSSR count). The van der Waals surface area contributed by atoms with Crippen LogP contribution < -0.4 is 10.6 Å². The third kappa shape index (κ3) is 9.77. The quantitative estimate of drug-likeness (QED) is 0.270. The summed E-state index contributed by atoms with van der Waals surface area (Å²) in [6.45, 7) is 6.48. The van der Waals surface area contributed by atoms with Gasteiger partial charge < -0.3 is 20.1 Å². The summed E-state index contributed by atoms with van der Waals surface area (Å²) in [6.07, 6.45) is 6.05. The molecule has 0 aliphatic carbocycles. The fourth-order valence-electron chi connectivity index (χ4n) is 1.98. The molecule has 20 heavy (non-hydrogen) atoms. The number of nitrogens with one attached hydrogen (secondary N) is 2. The van der Waals surface area contributed by atoms with E-state index >= 15 is 0 Å². The van der Waals surface area contributed by atoms with E-state index in [1.54, 1.807) is 0 Å². The zero-order valence-electron chi connectivity index (χ0n) is 12.8. The minimum atomic E-state index is 0. The molecule has 1 aliphatic rings. The van der Waals surface area contributed by atoms with Crippen molar-refractivity contribution >= 4 is 29.9 Å². The number of hydrogen-bond acceptors (Lipinski definition) is 3. The Morgan fingerprint density at radius 2 is 2.00 bits per heavy atom. The molecular formula is C14H30IN3O2. The van der Waals surface area contributed by atoms with Gasteiger partial charge in [0.2, 0.25) is 0 Å². The van der Waals surface area contributed by atoms with Crippen LogP contribution in [0, 0.1) is 0 Å². The summed E-state index contributed by atoms with van der Waals surface area (Å²) in [4.78, 5) is 4.19. The van der Waals surface area contributed by atoms with Gasteiger partial charge >= 0.3 is 0 Å². The molecule has 1 heterocycles. The molecule has 1 aliphatic heterocycles. The summed E-state index contributed by atoms with van der Waals surface area (Å²) >= 11 is 0. The van der Waals surface area contributed by atoms with Gasteiger partial charge in [-0.15, -0.1) is 24.0 Å². The fourth-order valence-corrected chi connectivity index (χ4v) is 1.98. The minimum Gasteiger partial charge on any atom is -0.379 e. The molecule has 0 aromatic rings. The highest BCUT2D eigenvalue weighted by Gasteiger charge is 2.15. The van der Waals surface area contributed by atoms with Gasteiger partial charge in [0.25, 0.3) is 0 Å². The lowest BCUT2D eigenvalue weighted by Crippen LogP contribution is -2.38. The Bertz CT molecular complexity index is 247. The van der Waals surface area contributed by atoms with Crippen LogP contribution in [-0.2, 0) is 9.47 Å². The zero-order valence-corrected chi connectivity index (χ0v) is 15.2. The molecule has 1 atom stereocenters. The van der Waals surface area contributed by atoms with E-state index in [1.807, 2.05) is 7.05 Å². The van der Waals surface area contributed by atoms with Gasteiger partial charge in [0.1, 0.15) is 0 Å². The Balaban J connectivity index is 0.00000361. The van der Waals surface area contributed by atoms with Crippen LogP contribution in [0.2, 0.25) is 0 Å². The zero-order chi connectivity index (χ0) is 13.8. The smallest absolute Gasteiger partial charge is 0.190 e. The number of ether oxygens (including phenoxy) is 2. The highest BCUT2D eigenvalue weighted by atomic mass is 127. The van der Waals surface area contributed by atoms with Crippen LogP contribution in [0.1, 0.15) is 39.0 Å². The van der Waals surface area contributed by atoms with Crippen molar-refractivity contribution < 1.29 is 9.47 Å². The molecule has 6 heteroatoms. The summed E-state index contributed by atoms with van der Waals surface area (Å²) in [7, 11) is 1.81.